The second-order valence-corrected chi connectivity index (χ2v) is 6.75. The van der Waals surface area contributed by atoms with E-state index in [9.17, 15) is 9.90 Å². The molecule has 1 aromatic heterocycles. The third kappa shape index (κ3) is 5.05. The molecule has 8 nitrogen and oxygen atoms in total. The molecule has 3 atom stereocenters. The van der Waals surface area contributed by atoms with Crippen LogP contribution in [0.1, 0.15) is 26.2 Å². The number of ether oxygens (including phenoxy) is 2. The van der Waals surface area contributed by atoms with Crippen LogP contribution in [0, 0.1) is 0 Å². The molecule has 0 bridgehead atoms. The summed E-state index contributed by atoms with van der Waals surface area (Å²) in [5.74, 6) is 0.676. The Balaban J connectivity index is 1.55. The van der Waals surface area contributed by atoms with Gasteiger partial charge in [0.15, 0.2) is 0 Å². The summed E-state index contributed by atoms with van der Waals surface area (Å²) in [6, 6.07) is 7.57. The van der Waals surface area contributed by atoms with Gasteiger partial charge in [0.2, 0.25) is 5.91 Å². The number of aromatic nitrogens is 3. The van der Waals surface area contributed by atoms with Crippen LogP contribution in [-0.4, -0.2) is 58.0 Å². The van der Waals surface area contributed by atoms with Crippen LogP contribution in [0.3, 0.4) is 0 Å². The average molecular weight is 374 g/mol. The number of rotatable bonds is 7. The molecule has 0 spiro atoms. The van der Waals surface area contributed by atoms with Crippen molar-refractivity contribution < 1.29 is 19.4 Å². The second kappa shape index (κ2) is 8.96. The van der Waals surface area contributed by atoms with Crippen molar-refractivity contribution in [3.8, 4) is 17.0 Å². The van der Waals surface area contributed by atoms with Crippen molar-refractivity contribution in [1.29, 1.82) is 0 Å². The number of hydrogen-bond donors (Lipinski definition) is 2. The van der Waals surface area contributed by atoms with E-state index < -0.39 is 0 Å². The first kappa shape index (κ1) is 19.3. The molecule has 1 aliphatic heterocycles. The van der Waals surface area contributed by atoms with E-state index in [0.717, 1.165) is 36.3 Å². The zero-order valence-electron chi connectivity index (χ0n) is 15.7. The van der Waals surface area contributed by atoms with Gasteiger partial charge in [-0.05, 0) is 31.4 Å². The Morgan fingerprint density at radius 3 is 3.04 bits per heavy atom. The summed E-state index contributed by atoms with van der Waals surface area (Å²) in [5, 5.41) is 20.8. The van der Waals surface area contributed by atoms with Crippen molar-refractivity contribution in [2.24, 2.45) is 0 Å². The van der Waals surface area contributed by atoms with Crippen molar-refractivity contribution >= 4 is 5.91 Å². The molecule has 146 valence electrons. The van der Waals surface area contributed by atoms with E-state index in [0.29, 0.717) is 6.54 Å². The lowest BCUT2D eigenvalue weighted by molar-refractivity contribution is -0.126. The van der Waals surface area contributed by atoms with Crippen molar-refractivity contribution in [3.63, 3.8) is 0 Å². The summed E-state index contributed by atoms with van der Waals surface area (Å²) in [7, 11) is 1.64. The molecule has 2 heterocycles. The molecule has 0 radical (unpaired) electrons. The molecular weight excluding hydrogens is 348 g/mol. The van der Waals surface area contributed by atoms with E-state index in [1.165, 1.54) is 6.92 Å². The minimum absolute atomic E-state index is 0.0247. The molecule has 2 aromatic rings. The van der Waals surface area contributed by atoms with E-state index in [1.807, 2.05) is 30.5 Å². The van der Waals surface area contributed by atoms with Gasteiger partial charge in [-0.1, -0.05) is 17.3 Å². The third-order valence-corrected chi connectivity index (χ3v) is 4.77. The van der Waals surface area contributed by atoms with Gasteiger partial charge in [-0.15, -0.1) is 5.10 Å². The summed E-state index contributed by atoms with van der Waals surface area (Å²) < 4.78 is 13.0. The van der Waals surface area contributed by atoms with E-state index >= 15 is 0 Å². The monoisotopic (exact) mass is 374 g/mol. The highest BCUT2D eigenvalue weighted by molar-refractivity contribution is 5.73. The SMILES string of the molecule is COc1cccc(-c2cn(CC[C@@H]3CC[C@H](NC(C)=O)[C@@H](CO)O3)nn2)c1. The number of aliphatic hydroxyl groups excluding tert-OH is 1. The standard InChI is InChI=1S/C19H26N4O4/c1-13(25)20-17-7-6-15(27-19(17)12-24)8-9-23-11-18(21-22-23)14-4-3-5-16(10-14)26-2/h3-5,10-11,15,17,19,24H,6-9,12H2,1-2H3,(H,20,25)/t15-,17-,19+/m0/s1. The van der Waals surface area contributed by atoms with Gasteiger partial charge < -0.3 is 19.9 Å². The molecule has 1 saturated heterocycles. The van der Waals surface area contributed by atoms with Crippen molar-refractivity contribution in [2.75, 3.05) is 13.7 Å². The van der Waals surface area contributed by atoms with Crippen LogP contribution in [0.25, 0.3) is 11.3 Å². The summed E-state index contributed by atoms with van der Waals surface area (Å²) >= 11 is 0. The molecule has 1 fully saturated rings. The molecule has 2 N–H and O–H groups in total. The Kier molecular flexibility index (Phi) is 6.41. The summed E-state index contributed by atoms with van der Waals surface area (Å²) in [6.45, 7) is 2.04. The molecule has 3 rings (SSSR count). The van der Waals surface area contributed by atoms with Gasteiger partial charge in [0, 0.05) is 19.0 Å². The Labute approximate surface area is 158 Å². The van der Waals surface area contributed by atoms with Gasteiger partial charge in [-0.25, -0.2) is 0 Å². The molecular formula is C19H26N4O4. The number of aryl methyl sites for hydroxylation is 1. The van der Waals surface area contributed by atoms with Crippen molar-refractivity contribution in [2.45, 2.75) is 51.0 Å². The summed E-state index contributed by atoms with van der Waals surface area (Å²) in [5.41, 5.74) is 1.74. The van der Waals surface area contributed by atoms with Gasteiger partial charge in [-0.3, -0.25) is 9.48 Å². The predicted octanol–water partition coefficient (Wildman–Crippen LogP) is 1.39. The fourth-order valence-electron chi connectivity index (χ4n) is 3.37. The summed E-state index contributed by atoms with van der Waals surface area (Å²) in [4.78, 5) is 11.3. The molecule has 0 aliphatic carbocycles. The highest BCUT2D eigenvalue weighted by atomic mass is 16.5. The number of aliphatic hydroxyl groups is 1. The average Bonchev–Trinajstić information content (AvgIpc) is 3.16. The number of carbonyl (C=O) groups is 1. The lowest BCUT2D eigenvalue weighted by Gasteiger charge is -2.36. The second-order valence-electron chi connectivity index (χ2n) is 6.75. The van der Waals surface area contributed by atoms with E-state index in [2.05, 4.69) is 15.6 Å². The number of amides is 1. The first-order valence-corrected chi connectivity index (χ1v) is 9.17. The number of benzene rings is 1. The molecule has 1 aliphatic rings. The van der Waals surface area contributed by atoms with Crippen LogP contribution < -0.4 is 10.1 Å². The quantitative estimate of drug-likeness (QED) is 0.760. The molecule has 27 heavy (non-hydrogen) atoms. The normalized spacial score (nSPS) is 22.4. The van der Waals surface area contributed by atoms with Gasteiger partial charge in [-0.2, -0.15) is 0 Å². The molecule has 1 aromatic carbocycles. The maximum absolute atomic E-state index is 11.3. The predicted molar refractivity (Wildman–Crippen MR) is 99.2 cm³/mol. The van der Waals surface area contributed by atoms with Crippen LogP contribution in [0.2, 0.25) is 0 Å². The van der Waals surface area contributed by atoms with Crippen LogP contribution >= 0.6 is 0 Å². The van der Waals surface area contributed by atoms with Crippen LogP contribution in [0.4, 0.5) is 0 Å². The summed E-state index contributed by atoms with van der Waals surface area (Å²) in [6.07, 6.45) is 3.96. The van der Waals surface area contributed by atoms with Crippen molar-refractivity contribution in [3.05, 3.63) is 30.5 Å². The highest BCUT2D eigenvalue weighted by Crippen LogP contribution is 2.24. The number of nitrogens with one attached hydrogen (secondary N) is 1. The first-order valence-electron chi connectivity index (χ1n) is 9.17. The lowest BCUT2D eigenvalue weighted by atomic mass is 9.97. The minimum Gasteiger partial charge on any atom is -0.497 e. The lowest BCUT2D eigenvalue weighted by Crippen LogP contribution is -2.50. The minimum atomic E-state index is -0.365. The van der Waals surface area contributed by atoms with Crippen LogP contribution in [-0.2, 0) is 16.1 Å². The number of nitrogens with zero attached hydrogens (tertiary/aromatic N) is 3. The fourth-order valence-corrected chi connectivity index (χ4v) is 3.37. The van der Waals surface area contributed by atoms with Crippen LogP contribution in [0.15, 0.2) is 30.5 Å². The van der Waals surface area contributed by atoms with E-state index in [1.54, 1.807) is 11.8 Å². The zero-order chi connectivity index (χ0) is 19.2. The van der Waals surface area contributed by atoms with Gasteiger partial charge in [0.1, 0.15) is 17.5 Å². The zero-order valence-corrected chi connectivity index (χ0v) is 15.7. The maximum Gasteiger partial charge on any atom is 0.217 e. The topological polar surface area (TPSA) is 98.5 Å². The van der Waals surface area contributed by atoms with Crippen LogP contribution in [0.5, 0.6) is 5.75 Å². The Morgan fingerprint density at radius 1 is 1.44 bits per heavy atom. The fraction of sp³-hybridized carbons (Fsp3) is 0.526. The largest absolute Gasteiger partial charge is 0.497 e. The Hall–Kier alpha value is -2.45. The van der Waals surface area contributed by atoms with Gasteiger partial charge in [0.05, 0.1) is 32.1 Å². The number of methoxy groups -OCH3 is 1. The van der Waals surface area contributed by atoms with E-state index in [4.69, 9.17) is 9.47 Å². The highest BCUT2D eigenvalue weighted by Gasteiger charge is 2.31. The van der Waals surface area contributed by atoms with Crippen molar-refractivity contribution in [1.82, 2.24) is 20.3 Å². The molecule has 0 unspecified atom stereocenters. The van der Waals surface area contributed by atoms with E-state index in [-0.39, 0.29) is 30.8 Å². The number of carbonyl (C=O) groups excluding carboxylic acids is 1. The molecule has 1 amide bonds. The third-order valence-electron chi connectivity index (χ3n) is 4.77. The Bertz CT molecular complexity index is 764. The molecule has 0 saturated carbocycles. The van der Waals surface area contributed by atoms with Gasteiger partial charge in [0.25, 0.3) is 0 Å². The van der Waals surface area contributed by atoms with Gasteiger partial charge >= 0.3 is 0 Å². The molecule has 8 heteroatoms. The Morgan fingerprint density at radius 2 is 2.30 bits per heavy atom. The first-order chi connectivity index (χ1) is 13.1. The smallest absolute Gasteiger partial charge is 0.217 e. The maximum atomic E-state index is 11.3. The number of hydrogen-bond acceptors (Lipinski definition) is 6.